The number of hydrogen-bond donors (Lipinski definition) is 0. The Morgan fingerprint density at radius 3 is 3.00 bits per heavy atom. The Bertz CT molecular complexity index is 382. The standard InChI is InChI=1S/C8H6BrClN2O2/c9-3-1-2-7-8(12(13)14)4-6(10)5-11-7/h1-2,4-5H,3H2. The Labute approximate surface area is 93.9 Å². The van der Waals surface area contributed by atoms with Crippen LogP contribution in [0.5, 0.6) is 0 Å². The molecule has 4 nitrogen and oxygen atoms in total. The molecule has 0 aromatic carbocycles. The third-order valence-corrected chi connectivity index (χ3v) is 2.01. The maximum Gasteiger partial charge on any atom is 0.296 e. The summed E-state index contributed by atoms with van der Waals surface area (Å²) in [5.41, 5.74) is 0.216. The van der Waals surface area contributed by atoms with Crippen LogP contribution < -0.4 is 0 Å². The number of aromatic nitrogens is 1. The molecular formula is C8H6BrClN2O2. The third kappa shape index (κ3) is 2.78. The predicted molar refractivity (Wildman–Crippen MR) is 58.7 cm³/mol. The molecule has 0 radical (unpaired) electrons. The third-order valence-electron chi connectivity index (χ3n) is 1.43. The van der Waals surface area contributed by atoms with Crippen molar-refractivity contribution in [1.29, 1.82) is 0 Å². The highest BCUT2D eigenvalue weighted by Crippen LogP contribution is 2.21. The molecule has 74 valence electrons. The molecule has 1 aromatic heterocycles. The van der Waals surface area contributed by atoms with E-state index in [1.54, 1.807) is 12.2 Å². The average Bonchev–Trinajstić information content (AvgIpc) is 2.15. The van der Waals surface area contributed by atoms with E-state index in [0.29, 0.717) is 11.0 Å². The molecule has 0 aliphatic rings. The molecule has 0 fully saturated rings. The normalized spacial score (nSPS) is 10.7. The van der Waals surface area contributed by atoms with E-state index in [-0.39, 0.29) is 10.7 Å². The van der Waals surface area contributed by atoms with E-state index in [1.807, 2.05) is 0 Å². The lowest BCUT2D eigenvalue weighted by Crippen LogP contribution is -1.93. The summed E-state index contributed by atoms with van der Waals surface area (Å²) >= 11 is 8.77. The number of alkyl halides is 1. The van der Waals surface area contributed by atoms with Gasteiger partial charge in [-0.3, -0.25) is 10.1 Å². The molecule has 1 aromatic rings. The minimum absolute atomic E-state index is 0.0882. The van der Waals surface area contributed by atoms with Crippen molar-refractivity contribution in [3.63, 3.8) is 0 Å². The van der Waals surface area contributed by atoms with Gasteiger partial charge in [0, 0.05) is 17.6 Å². The zero-order chi connectivity index (χ0) is 10.6. The molecule has 0 aliphatic carbocycles. The highest BCUT2D eigenvalue weighted by Gasteiger charge is 2.12. The van der Waals surface area contributed by atoms with Crippen LogP contribution in [0.25, 0.3) is 6.08 Å². The summed E-state index contributed by atoms with van der Waals surface area (Å²) in [5.74, 6) is 0. The van der Waals surface area contributed by atoms with E-state index in [0.717, 1.165) is 0 Å². The fourth-order valence-corrected chi connectivity index (χ4v) is 1.21. The highest BCUT2D eigenvalue weighted by molar-refractivity contribution is 9.09. The first kappa shape index (κ1) is 11.1. The van der Waals surface area contributed by atoms with Crippen LogP contribution >= 0.6 is 27.5 Å². The number of nitrogens with zero attached hydrogens (tertiary/aromatic N) is 2. The largest absolute Gasteiger partial charge is 0.296 e. The summed E-state index contributed by atoms with van der Waals surface area (Å²) < 4.78 is 0. The van der Waals surface area contributed by atoms with Crippen molar-refractivity contribution in [2.24, 2.45) is 0 Å². The van der Waals surface area contributed by atoms with Crippen molar-refractivity contribution >= 4 is 39.3 Å². The molecule has 0 amide bonds. The molecule has 0 aliphatic heterocycles. The zero-order valence-electron chi connectivity index (χ0n) is 6.98. The lowest BCUT2D eigenvalue weighted by molar-refractivity contribution is -0.385. The number of halogens is 2. The first-order valence-electron chi connectivity index (χ1n) is 3.67. The summed E-state index contributed by atoms with van der Waals surface area (Å²) in [7, 11) is 0. The minimum Gasteiger partial charge on any atom is -0.258 e. The summed E-state index contributed by atoms with van der Waals surface area (Å²) in [6.45, 7) is 0. The molecule has 0 unspecified atom stereocenters. The van der Waals surface area contributed by atoms with Crippen molar-refractivity contribution in [3.05, 3.63) is 39.2 Å². The molecule has 1 heterocycles. The number of rotatable bonds is 3. The van der Waals surface area contributed by atoms with E-state index in [1.165, 1.54) is 12.3 Å². The van der Waals surface area contributed by atoms with Gasteiger partial charge >= 0.3 is 0 Å². The Morgan fingerprint density at radius 1 is 1.71 bits per heavy atom. The van der Waals surface area contributed by atoms with Crippen molar-refractivity contribution in [1.82, 2.24) is 4.98 Å². The van der Waals surface area contributed by atoms with Gasteiger partial charge in [-0.15, -0.1) is 0 Å². The van der Waals surface area contributed by atoms with Crippen LogP contribution in [0, 0.1) is 10.1 Å². The summed E-state index contributed by atoms with van der Waals surface area (Å²) in [5, 5.41) is 11.5. The molecule has 0 atom stereocenters. The van der Waals surface area contributed by atoms with Crippen molar-refractivity contribution in [2.75, 3.05) is 5.33 Å². The maximum absolute atomic E-state index is 10.6. The van der Waals surface area contributed by atoms with Gasteiger partial charge in [0.05, 0.1) is 9.95 Å². The fraction of sp³-hybridized carbons (Fsp3) is 0.125. The van der Waals surface area contributed by atoms with Gasteiger partial charge in [-0.25, -0.2) is 4.98 Å². The Hall–Kier alpha value is -0.940. The topological polar surface area (TPSA) is 56.0 Å². The smallest absolute Gasteiger partial charge is 0.258 e. The summed E-state index contributed by atoms with van der Waals surface area (Å²) in [4.78, 5) is 13.9. The Morgan fingerprint density at radius 2 is 2.43 bits per heavy atom. The van der Waals surface area contributed by atoms with Crippen LogP contribution in [0.2, 0.25) is 5.02 Å². The van der Waals surface area contributed by atoms with Crippen LogP contribution in [0.4, 0.5) is 5.69 Å². The van der Waals surface area contributed by atoms with Crippen LogP contribution in [-0.4, -0.2) is 15.2 Å². The van der Waals surface area contributed by atoms with Crippen molar-refractivity contribution < 1.29 is 4.92 Å². The van der Waals surface area contributed by atoms with Crippen LogP contribution in [0.3, 0.4) is 0 Å². The molecule has 0 N–H and O–H groups in total. The van der Waals surface area contributed by atoms with E-state index in [4.69, 9.17) is 11.6 Å². The number of nitro groups is 1. The number of allylic oxidation sites excluding steroid dienone is 1. The fourth-order valence-electron chi connectivity index (χ4n) is 0.870. The molecular weight excluding hydrogens is 271 g/mol. The van der Waals surface area contributed by atoms with Crippen molar-refractivity contribution in [3.8, 4) is 0 Å². The molecule has 0 spiro atoms. The number of hydrogen-bond acceptors (Lipinski definition) is 3. The van der Waals surface area contributed by atoms with E-state index in [9.17, 15) is 10.1 Å². The van der Waals surface area contributed by atoms with Gasteiger partial charge in [0.1, 0.15) is 5.69 Å². The van der Waals surface area contributed by atoms with Gasteiger partial charge in [-0.1, -0.05) is 33.6 Å². The SMILES string of the molecule is O=[N+]([O-])c1cc(Cl)cnc1C=CCBr. The first-order chi connectivity index (χ1) is 6.65. The van der Waals surface area contributed by atoms with Gasteiger partial charge in [0.25, 0.3) is 5.69 Å². The van der Waals surface area contributed by atoms with Gasteiger partial charge in [-0.05, 0) is 6.08 Å². The van der Waals surface area contributed by atoms with Gasteiger partial charge in [0.15, 0.2) is 0 Å². The van der Waals surface area contributed by atoms with Crippen LogP contribution in [0.1, 0.15) is 5.69 Å². The van der Waals surface area contributed by atoms with Gasteiger partial charge in [0.2, 0.25) is 0 Å². The second-order valence-corrected chi connectivity index (χ2v) is 3.46. The quantitative estimate of drug-likeness (QED) is 0.485. The molecule has 0 saturated heterocycles. The van der Waals surface area contributed by atoms with E-state index >= 15 is 0 Å². The van der Waals surface area contributed by atoms with Crippen molar-refractivity contribution in [2.45, 2.75) is 0 Å². The lowest BCUT2D eigenvalue weighted by atomic mass is 10.3. The summed E-state index contributed by atoms with van der Waals surface area (Å²) in [6.07, 6.45) is 4.68. The Balaban J connectivity index is 3.15. The van der Waals surface area contributed by atoms with Crippen LogP contribution in [0.15, 0.2) is 18.3 Å². The lowest BCUT2D eigenvalue weighted by Gasteiger charge is -1.96. The zero-order valence-corrected chi connectivity index (χ0v) is 9.33. The van der Waals surface area contributed by atoms with Crippen LogP contribution in [-0.2, 0) is 0 Å². The molecule has 6 heteroatoms. The monoisotopic (exact) mass is 276 g/mol. The minimum atomic E-state index is -0.507. The maximum atomic E-state index is 10.6. The Kier molecular flexibility index (Phi) is 4.03. The van der Waals surface area contributed by atoms with E-state index in [2.05, 4.69) is 20.9 Å². The van der Waals surface area contributed by atoms with Gasteiger partial charge in [-0.2, -0.15) is 0 Å². The average molecular weight is 278 g/mol. The molecule has 14 heavy (non-hydrogen) atoms. The highest BCUT2D eigenvalue weighted by atomic mass is 79.9. The predicted octanol–water partition coefficient (Wildman–Crippen LogP) is 3.05. The molecule has 1 rings (SSSR count). The van der Waals surface area contributed by atoms with E-state index < -0.39 is 4.92 Å². The molecule has 0 saturated carbocycles. The van der Waals surface area contributed by atoms with Gasteiger partial charge < -0.3 is 0 Å². The number of pyridine rings is 1. The second kappa shape index (κ2) is 5.07. The second-order valence-electron chi connectivity index (χ2n) is 2.37. The first-order valence-corrected chi connectivity index (χ1v) is 5.17. The molecule has 0 bridgehead atoms. The summed E-state index contributed by atoms with van der Waals surface area (Å²) in [6, 6.07) is 1.28.